The van der Waals surface area contributed by atoms with E-state index < -0.39 is 8.80 Å². The van der Waals surface area contributed by atoms with Crippen LogP contribution in [-0.2, 0) is 13.3 Å². The maximum Gasteiger partial charge on any atom is 0.514 e. The number of rotatable bonds is 8. The first-order valence-corrected chi connectivity index (χ1v) is 6.62. The van der Waals surface area contributed by atoms with Crippen molar-refractivity contribution in [3.8, 4) is 0 Å². The van der Waals surface area contributed by atoms with Gasteiger partial charge in [-0.3, -0.25) is 0 Å². The van der Waals surface area contributed by atoms with Gasteiger partial charge in [-0.15, -0.1) is 0 Å². The first-order chi connectivity index (χ1) is 6.24. The number of hydrogen-bond donors (Lipinski definition) is 1. The molecule has 0 heterocycles. The maximum atomic E-state index is 5.55. The molecular formula is C8H21NO3Si. The molecule has 5 heteroatoms. The SMILES string of the molecule is CCCCCO[Si](CN)(OC)OC. The maximum absolute atomic E-state index is 5.55. The summed E-state index contributed by atoms with van der Waals surface area (Å²) in [6.07, 6.45) is 3.73. The molecule has 0 aromatic carbocycles. The third kappa shape index (κ3) is 4.73. The lowest BCUT2D eigenvalue weighted by Gasteiger charge is -2.24. The molecule has 0 aromatic rings. The zero-order valence-corrected chi connectivity index (χ0v) is 9.84. The van der Waals surface area contributed by atoms with Crippen LogP contribution in [0.2, 0.25) is 0 Å². The molecular weight excluding hydrogens is 186 g/mol. The molecule has 0 unspecified atom stereocenters. The molecule has 0 radical (unpaired) electrons. The van der Waals surface area contributed by atoms with E-state index in [0.717, 1.165) is 6.42 Å². The van der Waals surface area contributed by atoms with Gasteiger partial charge in [0.25, 0.3) is 0 Å². The van der Waals surface area contributed by atoms with Crippen molar-refractivity contribution in [3.05, 3.63) is 0 Å². The monoisotopic (exact) mass is 207 g/mol. The molecule has 0 rings (SSSR count). The van der Waals surface area contributed by atoms with Gasteiger partial charge in [0.1, 0.15) is 0 Å². The molecule has 0 spiro atoms. The van der Waals surface area contributed by atoms with Gasteiger partial charge < -0.3 is 19.0 Å². The van der Waals surface area contributed by atoms with E-state index in [-0.39, 0.29) is 0 Å². The van der Waals surface area contributed by atoms with E-state index in [2.05, 4.69) is 6.92 Å². The van der Waals surface area contributed by atoms with Gasteiger partial charge in [0.15, 0.2) is 0 Å². The van der Waals surface area contributed by atoms with Crippen LogP contribution in [0.5, 0.6) is 0 Å². The highest BCUT2D eigenvalue weighted by atomic mass is 28.4. The minimum atomic E-state index is -2.49. The largest absolute Gasteiger partial charge is 0.514 e. The van der Waals surface area contributed by atoms with E-state index in [1.165, 1.54) is 12.8 Å². The fourth-order valence-corrected chi connectivity index (χ4v) is 2.32. The second-order valence-corrected chi connectivity index (χ2v) is 5.73. The molecule has 0 saturated heterocycles. The molecule has 13 heavy (non-hydrogen) atoms. The highest BCUT2D eigenvalue weighted by molar-refractivity contribution is 6.60. The summed E-state index contributed by atoms with van der Waals surface area (Å²) in [5.74, 6) is 0. The van der Waals surface area contributed by atoms with Crippen LogP contribution >= 0.6 is 0 Å². The average molecular weight is 207 g/mol. The van der Waals surface area contributed by atoms with Gasteiger partial charge in [-0.25, -0.2) is 0 Å². The van der Waals surface area contributed by atoms with E-state index >= 15 is 0 Å². The van der Waals surface area contributed by atoms with Crippen molar-refractivity contribution >= 4 is 8.80 Å². The Kier molecular flexibility index (Phi) is 7.49. The van der Waals surface area contributed by atoms with Gasteiger partial charge >= 0.3 is 8.80 Å². The van der Waals surface area contributed by atoms with E-state index in [9.17, 15) is 0 Å². The van der Waals surface area contributed by atoms with Crippen molar-refractivity contribution < 1.29 is 13.3 Å². The van der Waals surface area contributed by atoms with Crippen LogP contribution in [0, 0.1) is 0 Å². The van der Waals surface area contributed by atoms with Crippen molar-refractivity contribution in [2.24, 2.45) is 5.73 Å². The molecule has 80 valence electrons. The number of unbranched alkanes of at least 4 members (excludes halogenated alkanes) is 2. The molecule has 0 aliphatic heterocycles. The van der Waals surface area contributed by atoms with Gasteiger partial charge in [-0.2, -0.15) is 0 Å². The molecule has 0 aliphatic rings. The third-order valence-corrected chi connectivity index (χ3v) is 4.33. The zero-order valence-electron chi connectivity index (χ0n) is 8.84. The Morgan fingerprint density at radius 1 is 1.15 bits per heavy atom. The lowest BCUT2D eigenvalue weighted by molar-refractivity contribution is 0.0980. The summed E-state index contributed by atoms with van der Waals surface area (Å²) >= 11 is 0. The lowest BCUT2D eigenvalue weighted by atomic mass is 10.3. The first-order valence-electron chi connectivity index (χ1n) is 4.69. The summed E-state index contributed by atoms with van der Waals surface area (Å²) < 4.78 is 15.9. The van der Waals surface area contributed by atoms with Crippen molar-refractivity contribution in [1.82, 2.24) is 0 Å². The van der Waals surface area contributed by atoms with Crippen molar-refractivity contribution in [2.45, 2.75) is 26.2 Å². The second-order valence-electron chi connectivity index (χ2n) is 2.85. The van der Waals surface area contributed by atoms with Crippen LogP contribution in [0.25, 0.3) is 0 Å². The molecule has 0 amide bonds. The Bertz CT molecular complexity index is 112. The molecule has 0 saturated carbocycles. The summed E-state index contributed by atoms with van der Waals surface area (Å²) in [5.41, 5.74) is 5.53. The molecule has 0 bridgehead atoms. The van der Waals surface area contributed by atoms with Crippen LogP contribution in [0.1, 0.15) is 26.2 Å². The quantitative estimate of drug-likeness (QED) is 0.475. The van der Waals surface area contributed by atoms with Crippen molar-refractivity contribution in [2.75, 3.05) is 27.0 Å². The Labute approximate surface area is 81.7 Å². The van der Waals surface area contributed by atoms with Gasteiger partial charge in [0.05, 0.1) is 6.17 Å². The van der Waals surface area contributed by atoms with E-state index in [4.69, 9.17) is 19.0 Å². The normalized spacial score (nSPS) is 12.0. The molecule has 0 atom stereocenters. The highest BCUT2D eigenvalue weighted by Crippen LogP contribution is 2.06. The van der Waals surface area contributed by atoms with Crippen LogP contribution in [0.4, 0.5) is 0 Å². The Hall–Kier alpha value is 0.0569. The molecule has 0 fully saturated rings. The van der Waals surface area contributed by atoms with Crippen LogP contribution in [0.3, 0.4) is 0 Å². The Morgan fingerprint density at radius 2 is 1.77 bits per heavy atom. The molecule has 0 aromatic heterocycles. The van der Waals surface area contributed by atoms with Gasteiger partial charge in [0, 0.05) is 20.8 Å². The first kappa shape index (κ1) is 13.1. The number of hydrogen-bond acceptors (Lipinski definition) is 4. The molecule has 4 nitrogen and oxygen atoms in total. The second kappa shape index (κ2) is 7.46. The minimum Gasteiger partial charge on any atom is -0.376 e. The van der Waals surface area contributed by atoms with E-state index in [1.807, 2.05) is 0 Å². The van der Waals surface area contributed by atoms with Gasteiger partial charge in [-0.05, 0) is 6.42 Å². The molecule has 0 aliphatic carbocycles. The minimum absolute atomic E-state index is 0.339. The van der Waals surface area contributed by atoms with Crippen molar-refractivity contribution in [3.63, 3.8) is 0 Å². The highest BCUT2D eigenvalue weighted by Gasteiger charge is 2.36. The average Bonchev–Trinajstić information content (AvgIpc) is 2.20. The van der Waals surface area contributed by atoms with Crippen LogP contribution < -0.4 is 5.73 Å². The predicted octanol–water partition coefficient (Wildman–Crippen LogP) is 0.923. The topological polar surface area (TPSA) is 53.7 Å². The Balaban J connectivity index is 3.68. The molecule has 2 N–H and O–H groups in total. The van der Waals surface area contributed by atoms with Crippen molar-refractivity contribution in [1.29, 1.82) is 0 Å². The van der Waals surface area contributed by atoms with E-state index in [0.29, 0.717) is 12.8 Å². The fourth-order valence-electron chi connectivity index (χ4n) is 1.01. The Morgan fingerprint density at radius 3 is 2.15 bits per heavy atom. The van der Waals surface area contributed by atoms with E-state index in [1.54, 1.807) is 14.2 Å². The summed E-state index contributed by atoms with van der Waals surface area (Å²) in [6.45, 7) is 2.83. The fraction of sp³-hybridized carbons (Fsp3) is 1.00. The zero-order chi connectivity index (χ0) is 10.2. The summed E-state index contributed by atoms with van der Waals surface area (Å²) in [6, 6.07) is 0. The third-order valence-electron chi connectivity index (χ3n) is 1.94. The summed E-state index contributed by atoms with van der Waals surface area (Å²) in [4.78, 5) is 0. The summed E-state index contributed by atoms with van der Waals surface area (Å²) in [7, 11) is 0.682. The van der Waals surface area contributed by atoms with Crippen LogP contribution in [0.15, 0.2) is 0 Å². The lowest BCUT2D eigenvalue weighted by Crippen LogP contribution is -2.51. The summed E-state index contributed by atoms with van der Waals surface area (Å²) in [5, 5.41) is 0. The van der Waals surface area contributed by atoms with Gasteiger partial charge in [-0.1, -0.05) is 19.8 Å². The van der Waals surface area contributed by atoms with Gasteiger partial charge in [0.2, 0.25) is 0 Å². The standard InChI is InChI=1S/C8H21NO3Si/c1-4-5-6-7-12-13(8-9,10-2)11-3/h4-9H2,1-3H3. The number of nitrogens with two attached hydrogens (primary N) is 1. The predicted molar refractivity (Wildman–Crippen MR) is 54.3 cm³/mol. The smallest absolute Gasteiger partial charge is 0.376 e. The van der Waals surface area contributed by atoms with Crippen LogP contribution in [-0.4, -0.2) is 35.8 Å².